The largest absolute Gasteiger partial charge is 0.348 e. The van der Waals surface area contributed by atoms with Crippen molar-refractivity contribution in [3.8, 4) is 5.69 Å². The van der Waals surface area contributed by atoms with Gasteiger partial charge in [-0.15, -0.1) is 0 Å². The van der Waals surface area contributed by atoms with Gasteiger partial charge in [0.1, 0.15) is 0 Å². The summed E-state index contributed by atoms with van der Waals surface area (Å²) in [5.41, 5.74) is 5.46. The van der Waals surface area contributed by atoms with Gasteiger partial charge in [-0.1, -0.05) is 40.2 Å². The molecule has 0 unspecified atom stereocenters. The highest BCUT2D eigenvalue weighted by Gasteiger charge is 2.19. The van der Waals surface area contributed by atoms with Gasteiger partial charge >= 0.3 is 0 Å². The van der Waals surface area contributed by atoms with Crippen LogP contribution in [-0.2, 0) is 13.1 Å². The van der Waals surface area contributed by atoms with Crippen molar-refractivity contribution < 1.29 is 4.79 Å². The summed E-state index contributed by atoms with van der Waals surface area (Å²) in [5, 5.41) is 7.64. The Morgan fingerprint density at radius 3 is 2.36 bits per heavy atom. The van der Waals surface area contributed by atoms with E-state index in [4.69, 9.17) is 0 Å². The molecule has 5 nitrogen and oxygen atoms in total. The number of amides is 1. The van der Waals surface area contributed by atoms with Gasteiger partial charge in [-0.05, 0) is 63.3 Å². The van der Waals surface area contributed by atoms with Crippen LogP contribution in [0.5, 0.6) is 0 Å². The van der Waals surface area contributed by atoms with E-state index in [9.17, 15) is 4.79 Å². The van der Waals surface area contributed by atoms with E-state index in [-0.39, 0.29) is 5.91 Å². The first-order valence-corrected chi connectivity index (χ1v) is 9.98. The molecule has 0 bridgehead atoms. The van der Waals surface area contributed by atoms with E-state index in [2.05, 4.69) is 43.4 Å². The fourth-order valence-electron chi connectivity index (χ4n) is 3.29. The minimum absolute atomic E-state index is 0.0991. The monoisotopic (exact) mass is 440 g/mol. The van der Waals surface area contributed by atoms with Crippen molar-refractivity contribution in [1.82, 2.24) is 20.0 Å². The summed E-state index contributed by atoms with van der Waals surface area (Å²) < 4.78 is 2.82. The molecule has 3 rings (SSSR count). The molecule has 3 aromatic rings. The van der Waals surface area contributed by atoms with Gasteiger partial charge in [-0.25, -0.2) is 4.68 Å². The lowest BCUT2D eigenvalue weighted by Gasteiger charge is -2.14. The smallest absolute Gasteiger partial charge is 0.255 e. The first kappa shape index (κ1) is 20.3. The van der Waals surface area contributed by atoms with Crippen molar-refractivity contribution in [1.29, 1.82) is 0 Å². The number of halogens is 1. The van der Waals surface area contributed by atoms with E-state index in [1.165, 1.54) is 5.56 Å². The Balaban J connectivity index is 1.80. The summed E-state index contributed by atoms with van der Waals surface area (Å²) in [6.07, 6.45) is 0. The quantitative estimate of drug-likeness (QED) is 0.623. The van der Waals surface area contributed by atoms with Crippen molar-refractivity contribution >= 4 is 21.8 Å². The second-order valence-electron chi connectivity index (χ2n) is 7.12. The molecule has 1 N–H and O–H groups in total. The van der Waals surface area contributed by atoms with Gasteiger partial charge in [-0.2, -0.15) is 5.10 Å². The number of hydrogen-bond acceptors (Lipinski definition) is 3. The molecule has 0 aliphatic heterocycles. The molecule has 1 amide bonds. The summed E-state index contributed by atoms with van der Waals surface area (Å²) in [6, 6.07) is 16.1. The van der Waals surface area contributed by atoms with Gasteiger partial charge in [0.25, 0.3) is 5.91 Å². The second-order valence-corrected chi connectivity index (χ2v) is 8.04. The first-order chi connectivity index (χ1) is 13.4. The maximum atomic E-state index is 12.9. The molecule has 0 aliphatic rings. The average molecular weight is 441 g/mol. The van der Waals surface area contributed by atoms with Gasteiger partial charge in [0.05, 0.1) is 22.6 Å². The molecule has 0 fully saturated rings. The number of carbonyl (C=O) groups is 1. The Labute approximate surface area is 174 Å². The molecule has 2 aromatic carbocycles. The highest BCUT2D eigenvalue weighted by Crippen LogP contribution is 2.20. The van der Waals surface area contributed by atoms with Gasteiger partial charge < -0.3 is 10.2 Å². The van der Waals surface area contributed by atoms with Gasteiger partial charge in [0, 0.05) is 17.6 Å². The van der Waals surface area contributed by atoms with E-state index >= 15 is 0 Å². The number of benzene rings is 2. The first-order valence-electron chi connectivity index (χ1n) is 9.18. The van der Waals surface area contributed by atoms with Crippen LogP contribution < -0.4 is 5.32 Å². The van der Waals surface area contributed by atoms with Gasteiger partial charge in [0.2, 0.25) is 0 Å². The van der Waals surface area contributed by atoms with Crippen LogP contribution in [0.4, 0.5) is 0 Å². The van der Waals surface area contributed by atoms with Crippen LogP contribution in [0.1, 0.15) is 32.9 Å². The van der Waals surface area contributed by atoms with Crippen LogP contribution in [0.2, 0.25) is 0 Å². The van der Waals surface area contributed by atoms with Crippen LogP contribution in [0, 0.1) is 13.8 Å². The summed E-state index contributed by atoms with van der Waals surface area (Å²) in [7, 11) is 4.08. The molecule has 146 valence electrons. The molecule has 6 heteroatoms. The molecule has 0 atom stereocenters. The number of rotatable bonds is 6. The predicted octanol–water partition coefficient (Wildman–Crippen LogP) is 4.24. The fraction of sp³-hybridized carbons (Fsp3) is 0.273. The van der Waals surface area contributed by atoms with Crippen molar-refractivity contribution in [2.75, 3.05) is 14.1 Å². The Morgan fingerprint density at radius 2 is 1.71 bits per heavy atom. The number of aromatic nitrogens is 2. The van der Waals surface area contributed by atoms with E-state index in [1.54, 1.807) is 0 Å². The third kappa shape index (κ3) is 4.51. The zero-order valence-electron chi connectivity index (χ0n) is 16.7. The van der Waals surface area contributed by atoms with Crippen molar-refractivity contribution in [2.45, 2.75) is 26.9 Å². The zero-order valence-corrected chi connectivity index (χ0v) is 18.2. The molecule has 0 aliphatic carbocycles. The highest BCUT2D eigenvalue weighted by atomic mass is 79.9. The maximum Gasteiger partial charge on any atom is 0.255 e. The summed E-state index contributed by atoms with van der Waals surface area (Å²) in [5.74, 6) is -0.0991. The molecule has 1 aromatic heterocycles. The number of hydrogen-bond donors (Lipinski definition) is 1. The normalized spacial score (nSPS) is 11.1. The molecule has 1 heterocycles. The molecule has 0 radical (unpaired) electrons. The number of carbonyl (C=O) groups excluding carboxylic acids is 1. The number of nitrogens with zero attached hydrogens (tertiary/aromatic N) is 3. The summed E-state index contributed by atoms with van der Waals surface area (Å²) >= 11 is 3.45. The topological polar surface area (TPSA) is 50.2 Å². The highest BCUT2D eigenvalue weighted by molar-refractivity contribution is 9.10. The lowest BCUT2D eigenvalue weighted by atomic mass is 10.1. The fourth-order valence-corrected chi connectivity index (χ4v) is 3.56. The van der Waals surface area contributed by atoms with Crippen molar-refractivity contribution in [3.63, 3.8) is 0 Å². The third-order valence-electron chi connectivity index (χ3n) is 4.63. The standard InChI is InChI=1S/C22H25BrN4O/c1-15-21(16(2)27(25-15)20-11-9-19(23)10-12-20)22(28)24-13-17-7-5-6-8-18(17)14-26(3)4/h5-12H,13-14H2,1-4H3,(H,24,28). The Bertz CT molecular complexity index is 977. The van der Waals surface area contributed by atoms with Crippen LogP contribution >= 0.6 is 15.9 Å². The maximum absolute atomic E-state index is 12.9. The minimum atomic E-state index is -0.0991. The lowest BCUT2D eigenvalue weighted by molar-refractivity contribution is 0.0949. The minimum Gasteiger partial charge on any atom is -0.348 e. The SMILES string of the molecule is Cc1nn(-c2ccc(Br)cc2)c(C)c1C(=O)NCc1ccccc1CN(C)C. The molecular weight excluding hydrogens is 416 g/mol. The van der Waals surface area contributed by atoms with Crippen molar-refractivity contribution in [3.05, 3.63) is 81.1 Å². The average Bonchev–Trinajstić information content (AvgIpc) is 2.95. The Hall–Kier alpha value is -2.44. The molecule has 0 spiro atoms. The number of aryl methyl sites for hydroxylation is 1. The molecule has 0 saturated heterocycles. The van der Waals surface area contributed by atoms with E-state index < -0.39 is 0 Å². The molecule has 0 saturated carbocycles. The van der Waals surface area contributed by atoms with E-state index in [0.717, 1.165) is 33.7 Å². The van der Waals surface area contributed by atoms with Gasteiger partial charge in [-0.3, -0.25) is 4.79 Å². The van der Waals surface area contributed by atoms with Crippen molar-refractivity contribution in [2.24, 2.45) is 0 Å². The van der Waals surface area contributed by atoms with Crippen LogP contribution in [0.15, 0.2) is 53.0 Å². The Kier molecular flexibility index (Phi) is 6.31. The van der Waals surface area contributed by atoms with Crippen LogP contribution in [0.3, 0.4) is 0 Å². The Morgan fingerprint density at radius 1 is 1.07 bits per heavy atom. The molecular formula is C22H25BrN4O. The van der Waals surface area contributed by atoms with Crippen LogP contribution in [-0.4, -0.2) is 34.7 Å². The lowest BCUT2D eigenvalue weighted by Crippen LogP contribution is -2.25. The summed E-state index contributed by atoms with van der Waals surface area (Å²) in [4.78, 5) is 15.0. The van der Waals surface area contributed by atoms with Gasteiger partial charge in [0.15, 0.2) is 0 Å². The van der Waals surface area contributed by atoms with Crippen LogP contribution in [0.25, 0.3) is 5.69 Å². The predicted molar refractivity (Wildman–Crippen MR) is 116 cm³/mol. The molecule has 28 heavy (non-hydrogen) atoms. The number of nitrogens with one attached hydrogen (secondary N) is 1. The van der Waals surface area contributed by atoms with E-state index in [0.29, 0.717) is 12.1 Å². The zero-order chi connectivity index (χ0) is 20.3. The second kappa shape index (κ2) is 8.71. The third-order valence-corrected chi connectivity index (χ3v) is 5.16. The van der Waals surface area contributed by atoms with E-state index in [1.807, 2.05) is 69.0 Å². The summed E-state index contributed by atoms with van der Waals surface area (Å²) in [6.45, 7) is 5.13.